The quantitative estimate of drug-likeness (QED) is 0.853. The Hall–Kier alpha value is -2.16. The molecule has 1 aromatic heterocycles. The van der Waals surface area contributed by atoms with E-state index >= 15 is 0 Å². The molecule has 1 aliphatic heterocycles. The molecule has 1 aliphatic carbocycles. The molecular formula is C14H11F2NO5S. The molecule has 2 aromatic rings. The van der Waals surface area contributed by atoms with Crippen LogP contribution in [0, 0.1) is 0 Å². The highest BCUT2D eigenvalue weighted by molar-refractivity contribution is 7.90. The summed E-state index contributed by atoms with van der Waals surface area (Å²) in [6.07, 6.45) is 0.258. The van der Waals surface area contributed by atoms with Crippen LogP contribution in [0.1, 0.15) is 24.5 Å². The molecule has 0 amide bonds. The van der Waals surface area contributed by atoms with Crippen molar-refractivity contribution in [2.24, 2.45) is 0 Å². The molecule has 1 saturated carbocycles. The van der Waals surface area contributed by atoms with E-state index < -0.39 is 21.9 Å². The second-order valence-corrected chi connectivity index (χ2v) is 7.57. The van der Waals surface area contributed by atoms with Gasteiger partial charge in [-0.25, -0.2) is 8.42 Å². The lowest BCUT2D eigenvalue weighted by molar-refractivity contribution is -0.287. The van der Waals surface area contributed by atoms with E-state index in [0.717, 1.165) is 19.1 Å². The van der Waals surface area contributed by atoms with Gasteiger partial charge in [-0.05, 0) is 25.0 Å². The number of benzene rings is 1. The molecule has 0 N–H and O–H groups in total. The second-order valence-electron chi connectivity index (χ2n) is 5.59. The minimum Gasteiger partial charge on any atom is -0.395 e. The van der Waals surface area contributed by atoms with Crippen LogP contribution >= 0.6 is 0 Å². The SMILES string of the molecule is CS(=O)(=O)c1ccc(-c2cnoc2C2CC2)c2c1OC(F)(F)O2. The zero-order chi connectivity index (χ0) is 16.4. The molecule has 0 saturated heterocycles. The molecule has 4 rings (SSSR count). The summed E-state index contributed by atoms with van der Waals surface area (Å²) in [5, 5.41) is 3.72. The van der Waals surface area contributed by atoms with Crippen molar-refractivity contribution in [3.8, 4) is 22.6 Å². The highest BCUT2D eigenvalue weighted by Gasteiger charge is 2.47. The molecule has 2 heterocycles. The van der Waals surface area contributed by atoms with Crippen LogP contribution in [0.5, 0.6) is 11.5 Å². The Kier molecular flexibility index (Phi) is 2.78. The first-order valence-electron chi connectivity index (χ1n) is 6.84. The molecule has 1 aromatic carbocycles. The number of aromatic nitrogens is 1. The van der Waals surface area contributed by atoms with Gasteiger partial charge in [-0.3, -0.25) is 0 Å². The van der Waals surface area contributed by atoms with E-state index in [9.17, 15) is 17.2 Å². The average Bonchev–Trinajstić information content (AvgIpc) is 3.06. The number of sulfone groups is 1. The summed E-state index contributed by atoms with van der Waals surface area (Å²) >= 11 is 0. The van der Waals surface area contributed by atoms with Gasteiger partial charge in [-0.1, -0.05) is 5.16 Å². The zero-order valence-electron chi connectivity index (χ0n) is 11.9. The van der Waals surface area contributed by atoms with E-state index in [1.54, 1.807) is 0 Å². The first-order valence-corrected chi connectivity index (χ1v) is 8.73. The van der Waals surface area contributed by atoms with E-state index in [-0.39, 0.29) is 22.1 Å². The third kappa shape index (κ3) is 2.35. The molecule has 9 heteroatoms. The van der Waals surface area contributed by atoms with Crippen LogP contribution in [0.3, 0.4) is 0 Å². The molecule has 0 atom stereocenters. The maximum absolute atomic E-state index is 13.5. The van der Waals surface area contributed by atoms with Crippen molar-refractivity contribution in [1.29, 1.82) is 0 Å². The third-order valence-electron chi connectivity index (χ3n) is 3.75. The zero-order valence-corrected chi connectivity index (χ0v) is 12.7. The normalized spacial score (nSPS) is 19.1. The van der Waals surface area contributed by atoms with Gasteiger partial charge in [-0.15, -0.1) is 8.78 Å². The van der Waals surface area contributed by atoms with Crippen LogP contribution in [0.15, 0.2) is 27.7 Å². The van der Waals surface area contributed by atoms with Crippen molar-refractivity contribution in [3.63, 3.8) is 0 Å². The Balaban J connectivity index is 1.93. The summed E-state index contributed by atoms with van der Waals surface area (Å²) in [4.78, 5) is -0.349. The van der Waals surface area contributed by atoms with Gasteiger partial charge in [-0.2, -0.15) is 0 Å². The van der Waals surface area contributed by atoms with Gasteiger partial charge in [0.2, 0.25) is 0 Å². The number of alkyl halides is 2. The van der Waals surface area contributed by atoms with Crippen molar-refractivity contribution in [2.45, 2.75) is 29.9 Å². The number of hydrogen-bond donors (Lipinski definition) is 0. The second kappa shape index (κ2) is 4.44. The Labute approximate surface area is 129 Å². The maximum atomic E-state index is 13.5. The minimum absolute atomic E-state index is 0.195. The van der Waals surface area contributed by atoms with Crippen molar-refractivity contribution < 1.29 is 31.2 Å². The van der Waals surface area contributed by atoms with E-state index in [4.69, 9.17) is 4.52 Å². The van der Waals surface area contributed by atoms with Gasteiger partial charge in [0.05, 0.1) is 6.20 Å². The molecule has 0 spiro atoms. The van der Waals surface area contributed by atoms with Gasteiger partial charge in [0, 0.05) is 23.3 Å². The van der Waals surface area contributed by atoms with Crippen LogP contribution in [-0.4, -0.2) is 26.1 Å². The lowest BCUT2D eigenvalue weighted by Gasteiger charge is -2.07. The number of rotatable bonds is 3. The largest absolute Gasteiger partial charge is 0.586 e. The van der Waals surface area contributed by atoms with Crippen LogP contribution in [0.25, 0.3) is 11.1 Å². The summed E-state index contributed by atoms with van der Waals surface area (Å²) in [5.41, 5.74) is 0.776. The van der Waals surface area contributed by atoms with Gasteiger partial charge < -0.3 is 14.0 Å². The van der Waals surface area contributed by atoms with Crippen LogP contribution in [-0.2, 0) is 9.84 Å². The molecule has 23 heavy (non-hydrogen) atoms. The molecule has 122 valence electrons. The summed E-state index contributed by atoms with van der Waals surface area (Å²) in [6, 6.07) is 2.62. The summed E-state index contributed by atoms with van der Waals surface area (Å²) in [7, 11) is -3.76. The minimum atomic E-state index is -3.92. The fourth-order valence-corrected chi connectivity index (χ4v) is 3.38. The number of halogens is 2. The Morgan fingerprint density at radius 3 is 2.52 bits per heavy atom. The fourth-order valence-electron chi connectivity index (χ4n) is 2.60. The smallest absolute Gasteiger partial charge is 0.395 e. The van der Waals surface area contributed by atoms with Crippen molar-refractivity contribution in [2.75, 3.05) is 6.26 Å². The third-order valence-corrected chi connectivity index (χ3v) is 4.87. The van der Waals surface area contributed by atoms with E-state index in [0.29, 0.717) is 11.3 Å². The average molecular weight is 343 g/mol. The van der Waals surface area contributed by atoms with E-state index in [1.807, 2.05) is 0 Å². The first-order chi connectivity index (χ1) is 10.8. The summed E-state index contributed by atoms with van der Waals surface area (Å²) in [6.45, 7) is 0. The van der Waals surface area contributed by atoms with Crippen molar-refractivity contribution >= 4 is 9.84 Å². The Morgan fingerprint density at radius 1 is 1.17 bits per heavy atom. The number of nitrogens with zero attached hydrogens (tertiary/aromatic N) is 1. The molecule has 0 radical (unpaired) electrons. The van der Waals surface area contributed by atoms with Crippen molar-refractivity contribution in [1.82, 2.24) is 5.16 Å². The Morgan fingerprint density at radius 2 is 1.87 bits per heavy atom. The molecule has 0 bridgehead atoms. The Bertz CT molecular complexity index is 902. The van der Waals surface area contributed by atoms with Gasteiger partial charge >= 0.3 is 6.29 Å². The van der Waals surface area contributed by atoms with Crippen LogP contribution in [0.2, 0.25) is 0 Å². The lowest BCUT2D eigenvalue weighted by Crippen LogP contribution is -2.26. The topological polar surface area (TPSA) is 78.6 Å². The molecule has 2 aliphatic rings. The number of hydrogen-bond acceptors (Lipinski definition) is 6. The molecule has 6 nitrogen and oxygen atoms in total. The van der Waals surface area contributed by atoms with Crippen LogP contribution in [0.4, 0.5) is 8.78 Å². The summed E-state index contributed by atoms with van der Waals surface area (Å²) < 4.78 is 64.8. The predicted octanol–water partition coefficient (Wildman–Crippen LogP) is 2.94. The highest BCUT2D eigenvalue weighted by atomic mass is 32.2. The van der Waals surface area contributed by atoms with Gasteiger partial charge in [0.25, 0.3) is 0 Å². The standard InChI is InChI=1S/C14H11F2NO5S/c1-23(18,19)10-5-4-8(12-13(10)21-14(15,16)20-12)9-6-17-22-11(9)7-2-3-7/h4-7H,2-3H2,1H3. The van der Waals surface area contributed by atoms with E-state index in [1.165, 1.54) is 18.3 Å². The van der Waals surface area contributed by atoms with E-state index in [2.05, 4.69) is 14.6 Å². The lowest BCUT2D eigenvalue weighted by atomic mass is 10.0. The summed E-state index contributed by atoms with van der Waals surface area (Å²) in [5.74, 6) is -0.0281. The molecule has 0 unspecified atom stereocenters. The predicted molar refractivity (Wildman–Crippen MR) is 73.2 cm³/mol. The highest BCUT2D eigenvalue weighted by Crippen LogP contribution is 2.53. The number of fused-ring (bicyclic) bond motifs is 1. The fraction of sp³-hybridized carbons (Fsp3) is 0.357. The molecule has 1 fully saturated rings. The monoisotopic (exact) mass is 343 g/mol. The van der Waals surface area contributed by atoms with Gasteiger partial charge in [0.1, 0.15) is 10.7 Å². The maximum Gasteiger partial charge on any atom is 0.586 e. The number of ether oxygens (including phenoxy) is 2. The van der Waals surface area contributed by atoms with Gasteiger partial charge in [0.15, 0.2) is 21.3 Å². The van der Waals surface area contributed by atoms with Crippen LogP contribution < -0.4 is 9.47 Å². The molecular weight excluding hydrogens is 332 g/mol. The van der Waals surface area contributed by atoms with Crippen molar-refractivity contribution in [3.05, 3.63) is 24.1 Å². The first kappa shape index (κ1) is 14.4.